The fraction of sp³-hybridized carbons (Fsp3) is 0.294. The summed E-state index contributed by atoms with van der Waals surface area (Å²) in [4.78, 5) is 11.0. The molecule has 1 atom stereocenters. The van der Waals surface area contributed by atoms with Crippen LogP contribution < -0.4 is 10.2 Å². The predicted octanol–water partition coefficient (Wildman–Crippen LogP) is 2.50. The van der Waals surface area contributed by atoms with Gasteiger partial charge in [0.2, 0.25) is 0 Å². The van der Waals surface area contributed by atoms with Gasteiger partial charge in [0.05, 0.1) is 5.52 Å². The van der Waals surface area contributed by atoms with Crippen LogP contribution in [-0.4, -0.2) is 39.3 Å². The summed E-state index contributed by atoms with van der Waals surface area (Å²) in [5.41, 5.74) is 0.964. The first kappa shape index (κ1) is 13.9. The molecule has 116 valence electrons. The first-order valence-corrected chi connectivity index (χ1v) is 7.89. The number of piperidine rings is 1. The largest absolute Gasteiger partial charge is 0.365 e. The van der Waals surface area contributed by atoms with Crippen molar-refractivity contribution in [3.05, 3.63) is 48.9 Å². The highest BCUT2D eigenvalue weighted by atomic mass is 15.3. The van der Waals surface area contributed by atoms with Gasteiger partial charge in [-0.1, -0.05) is 12.1 Å². The van der Waals surface area contributed by atoms with E-state index in [-0.39, 0.29) is 0 Å². The smallest absolute Gasteiger partial charge is 0.151 e. The summed E-state index contributed by atoms with van der Waals surface area (Å²) in [5.74, 6) is 1.84. The molecule has 1 N–H and O–H groups in total. The standard InChI is InChI=1S/C17H18N6/c1-2-7-15-14(6-1)17(19-12-18-15)21-13-5-4-10-23(11-13)16-8-3-9-20-22-16/h1-3,6-9,12-13H,4-5,10-11H2,(H,18,19,21). The molecular weight excluding hydrogens is 288 g/mol. The van der Waals surface area contributed by atoms with E-state index in [1.165, 1.54) is 0 Å². The van der Waals surface area contributed by atoms with Crippen LogP contribution in [0.3, 0.4) is 0 Å². The molecule has 1 aromatic carbocycles. The lowest BCUT2D eigenvalue weighted by Crippen LogP contribution is -2.42. The molecule has 1 fully saturated rings. The van der Waals surface area contributed by atoms with Gasteiger partial charge in [-0.05, 0) is 37.1 Å². The number of anilines is 2. The van der Waals surface area contributed by atoms with Crippen molar-refractivity contribution >= 4 is 22.5 Å². The molecule has 1 aliphatic heterocycles. The van der Waals surface area contributed by atoms with E-state index in [1.54, 1.807) is 12.5 Å². The molecule has 3 aromatic rings. The second-order valence-electron chi connectivity index (χ2n) is 5.75. The van der Waals surface area contributed by atoms with Gasteiger partial charge in [0.15, 0.2) is 5.82 Å². The van der Waals surface area contributed by atoms with Crippen LogP contribution in [0.2, 0.25) is 0 Å². The summed E-state index contributed by atoms with van der Waals surface area (Å²) in [6, 6.07) is 12.4. The van der Waals surface area contributed by atoms with E-state index in [4.69, 9.17) is 0 Å². The average molecular weight is 306 g/mol. The van der Waals surface area contributed by atoms with Gasteiger partial charge in [-0.25, -0.2) is 9.97 Å². The number of aromatic nitrogens is 4. The van der Waals surface area contributed by atoms with E-state index in [2.05, 4.69) is 36.4 Å². The summed E-state index contributed by atoms with van der Waals surface area (Å²) >= 11 is 0. The summed E-state index contributed by atoms with van der Waals surface area (Å²) < 4.78 is 0. The van der Waals surface area contributed by atoms with Crippen molar-refractivity contribution in [2.45, 2.75) is 18.9 Å². The van der Waals surface area contributed by atoms with Crippen LogP contribution in [0.15, 0.2) is 48.9 Å². The first-order chi connectivity index (χ1) is 11.4. The maximum Gasteiger partial charge on any atom is 0.151 e. The highest BCUT2D eigenvalue weighted by Crippen LogP contribution is 2.23. The molecule has 1 aliphatic rings. The number of nitrogens with one attached hydrogen (secondary N) is 1. The van der Waals surface area contributed by atoms with E-state index in [0.29, 0.717) is 6.04 Å². The average Bonchev–Trinajstić information content (AvgIpc) is 2.63. The van der Waals surface area contributed by atoms with Crippen molar-refractivity contribution in [2.24, 2.45) is 0 Å². The number of rotatable bonds is 3. The van der Waals surface area contributed by atoms with Crippen molar-refractivity contribution < 1.29 is 0 Å². The third kappa shape index (κ3) is 2.92. The number of benzene rings is 1. The Balaban J connectivity index is 1.54. The lowest BCUT2D eigenvalue weighted by Gasteiger charge is -2.34. The molecule has 2 aromatic heterocycles. The van der Waals surface area contributed by atoms with Crippen molar-refractivity contribution in [3.63, 3.8) is 0 Å². The molecular formula is C17H18N6. The lowest BCUT2D eigenvalue weighted by atomic mass is 10.1. The van der Waals surface area contributed by atoms with Gasteiger partial charge in [0.1, 0.15) is 12.1 Å². The minimum atomic E-state index is 0.337. The van der Waals surface area contributed by atoms with Crippen LogP contribution in [0.25, 0.3) is 10.9 Å². The molecule has 0 aliphatic carbocycles. The molecule has 0 saturated carbocycles. The highest BCUT2D eigenvalue weighted by Gasteiger charge is 2.21. The van der Waals surface area contributed by atoms with Gasteiger partial charge in [-0.2, -0.15) is 5.10 Å². The molecule has 0 radical (unpaired) electrons. The van der Waals surface area contributed by atoms with Crippen LogP contribution in [0, 0.1) is 0 Å². The number of fused-ring (bicyclic) bond motifs is 1. The van der Waals surface area contributed by atoms with E-state index in [0.717, 1.165) is 48.5 Å². The fourth-order valence-corrected chi connectivity index (χ4v) is 3.08. The van der Waals surface area contributed by atoms with Crippen molar-refractivity contribution in [1.82, 2.24) is 20.2 Å². The molecule has 4 rings (SSSR count). The first-order valence-electron chi connectivity index (χ1n) is 7.89. The number of para-hydroxylation sites is 1. The van der Waals surface area contributed by atoms with Gasteiger partial charge in [-0.15, -0.1) is 5.10 Å². The van der Waals surface area contributed by atoms with E-state index < -0.39 is 0 Å². The minimum absolute atomic E-state index is 0.337. The summed E-state index contributed by atoms with van der Waals surface area (Å²) in [6.07, 6.45) is 5.57. The minimum Gasteiger partial charge on any atom is -0.365 e. The molecule has 23 heavy (non-hydrogen) atoms. The van der Waals surface area contributed by atoms with Gasteiger partial charge < -0.3 is 10.2 Å². The van der Waals surface area contributed by atoms with E-state index in [9.17, 15) is 0 Å². The molecule has 0 spiro atoms. The van der Waals surface area contributed by atoms with Gasteiger partial charge in [0, 0.05) is 30.7 Å². The lowest BCUT2D eigenvalue weighted by molar-refractivity contribution is 0.524. The molecule has 0 amide bonds. The van der Waals surface area contributed by atoms with Gasteiger partial charge in [-0.3, -0.25) is 0 Å². The Morgan fingerprint density at radius 2 is 2.04 bits per heavy atom. The Hall–Kier alpha value is -2.76. The fourth-order valence-electron chi connectivity index (χ4n) is 3.08. The topological polar surface area (TPSA) is 66.8 Å². The van der Waals surface area contributed by atoms with Crippen molar-refractivity contribution in [2.75, 3.05) is 23.3 Å². The number of hydrogen-bond acceptors (Lipinski definition) is 6. The quantitative estimate of drug-likeness (QED) is 0.802. The Morgan fingerprint density at radius 1 is 1.09 bits per heavy atom. The van der Waals surface area contributed by atoms with Crippen molar-refractivity contribution in [3.8, 4) is 0 Å². The van der Waals surface area contributed by atoms with Crippen LogP contribution >= 0.6 is 0 Å². The van der Waals surface area contributed by atoms with Crippen LogP contribution in [0.1, 0.15) is 12.8 Å². The Bertz CT molecular complexity index is 786. The third-order valence-electron chi connectivity index (χ3n) is 4.19. The van der Waals surface area contributed by atoms with Gasteiger partial charge >= 0.3 is 0 Å². The van der Waals surface area contributed by atoms with Crippen LogP contribution in [0.5, 0.6) is 0 Å². The number of nitrogens with zero attached hydrogens (tertiary/aromatic N) is 5. The van der Waals surface area contributed by atoms with Crippen molar-refractivity contribution in [1.29, 1.82) is 0 Å². The Labute approximate surface area is 134 Å². The second-order valence-corrected chi connectivity index (χ2v) is 5.75. The predicted molar refractivity (Wildman–Crippen MR) is 90.4 cm³/mol. The Morgan fingerprint density at radius 3 is 2.96 bits per heavy atom. The molecule has 1 unspecified atom stereocenters. The summed E-state index contributed by atoms with van der Waals surface area (Å²) in [5, 5.41) is 12.8. The molecule has 6 nitrogen and oxygen atoms in total. The maximum absolute atomic E-state index is 4.43. The number of hydrogen-bond donors (Lipinski definition) is 1. The zero-order chi connectivity index (χ0) is 15.5. The van der Waals surface area contributed by atoms with E-state index in [1.807, 2.05) is 30.3 Å². The SMILES string of the molecule is c1cnnc(N2CCCC(Nc3ncnc4ccccc34)C2)c1. The zero-order valence-corrected chi connectivity index (χ0v) is 12.8. The van der Waals surface area contributed by atoms with Crippen LogP contribution in [0.4, 0.5) is 11.6 Å². The molecule has 0 bridgehead atoms. The summed E-state index contributed by atoms with van der Waals surface area (Å²) in [7, 11) is 0. The highest BCUT2D eigenvalue weighted by molar-refractivity contribution is 5.88. The Kier molecular flexibility index (Phi) is 3.71. The molecule has 1 saturated heterocycles. The molecule has 3 heterocycles. The van der Waals surface area contributed by atoms with E-state index >= 15 is 0 Å². The summed E-state index contributed by atoms with van der Waals surface area (Å²) in [6.45, 7) is 1.92. The normalized spacial score (nSPS) is 18.1. The zero-order valence-electron chi connectivity index (χ0n) is 12.8. The maximum atomic E-state index is 4.43. The van der Waals surface area contributed by atoms with Crippen LogP contribution in [-0.2, 0) is 0 Å². The molecule has 6 heteroatoms. The third-order valence-corrected chi connectivity index (χ3v) is 4.19. The monoisotopic (exact) mass is 306 g/mol. The van der Waals surface area contributed by atoms with Gasteiger partial charge in [0.25, 0.3) is 0 Å². The second kappa shape index (κ2) is 6.16.